The number of hydrogen-bond acceptors (Lipinski definition) is 7. The molecule has 1 N–H and O–H groups in total. The number of anilines is 1. The maximum Gasteiger partial charge on any atom is 0.341 e. The lowest BCUT2D eigenvalue weighted by atomic mass is 10.1. The molecule has 2 aromatic heterocycles. The number of piperazine rings is 1. The molecule has 0 bridgehead atoms. The molecule has 0 unspecified atom stereocenters. The summed E-state index contributed by atoms with van der Waals surface area (Å²) in [4.78, 5) is 51.6. The van der Waals surface area contributed by atoms with Crippen LogP contribution in [0.5, 0.6) is 0 Å². The van der Waals surface area contributed by atoms with Crippen molar-refractivity contribution < 1.29 is 24.0 Å². The molecule has 1 saturated carbocycles. The Morgan fingerprint density at radius 3 is 2.45 bits per heavy atom. The van der Waals surface area contributed by atoms with Crippen molar-refractivity contribution in [1.82, 2.24) is 9.47 Å². The van der Waals surface area contributed by atoms with Crippen LogP contribution in [0.3, 0.4) is 0 Å². The van der Waals surface area contributed by atoms with Gasteiger partial charge < -0.3 is 23.9 Å². The highest BCUT2D eigenvalue weighted by Crippen LogP contribution is 2.40. The highest BCUT2D eigenvalue weighted by atomic mass is 16.6. The van der Waals surface area contributed by atoms with Crippen LogP contribution in [0, 0.1) is 10.1 Å². The molecule has 33 heavy (non-hydrogen) atoms. The largest absolute Gasteiger partial charge is 0.477 e. The van der Waals surface area contributed by atoms with Crippen LogP contribution in [0.15, 0.2) is 45.9 Å². The Bertz CT molecular complexity index is 1330. The van der Waals surface area contributed by atoms with Crippen molar-refractivity contribution in [2.75, 3.05) is 31.1 Å². The fraction of sp³-hybridized carbons (Fsp3) is 0.318. The molecule has 11 nitrogen and oxygen atoms in total. The number of aromatic nitrogens is 1. The van der Waals surface area contributed by atoms with Gasteiger partial charge in [-0.1, -0.05) is 0 Å². The molecule has 170 valence electrons. The molecule has 2 fully saturated rings. The van der Waals surface area contributed by atoms with Gasteiger partial charge in [-0.05, 0) is 31.0 Å². The predicted octanol–water partition coefficient (Wildman–Crippen LogP) is 2.50. The number of carboxylic acid groups (broad SMARTS) is 1. The highest BCUT2D eigenvalue weighted by molar-refractivity contribution is 5.95. The first-order chi connectivity index (χ1) is 15.8. The fourth-order valence-corrected chi connectivity index (χ4v) is 4.29. The summed E-state index contributed by atoms with van der Waals surface area (Å²) >= 11 is 0. The first-order valence-corrected chi connectivity index (χ1v) is 10.5. The Balaban J connectivity index is 1.54. The van der Waals surface area contributed by atoms with Gasteiger partial charge in [0.15, 0.2) is 5.76 Å². The number of furan rings is 1. The van der Waals surface area contributed by atoms with Gasteiger partial charge in [0.05, 0.1) is 22.1 Å². The third-order valence-corrected chi connectivity index (χ3v) is 6.14. The van der Waals surface area contributed by atoms with E-state index in [0.29, 0.717) is 37.4 Å². The Hall–Kier alpha value is -4.15. The van der Waals surface area contributed by atoms with Crippen molar-refractivity contribution in [1.29, 1.82) is 0 Å². The molecule has 0 radical (unpaired) electrons. The van der Waals surface area contributed by atoms with Crippen LogP contribution in [-0.4, -0.2) is 57.6 Å². The van der Waals surface area contributed by atoms with Crippen LogP contribution in [0.25, 0.3) is 10.9 Å². The SMILES string of the molecule is O=C(O)c1cn(C2CC2)c2cc(N3CCN(C(=O)c4ccco4)CC3)c([N+](=O)[O-])cc2c1=O. The fourth-order valence-electron chi connectivity index (χ4n) is 4.29. The molecule has 11 heteroatoms. The van der Waals surface area contributed by atoms with Gasteiger partial charge in [0.2, 0.25) is 5.43 Å². The van der Waals surface area contributed by atoms with Crippen LogP contribution in [0.1, 0.15) is 39.8 Å². The molecule has 3 heterocycles. The van der Waals surface area contributed by atoms with Crippen molar-refractivity contribution in [2.24, 2.45) is 0 Å². The summed E-state index contributed by atoms with van der Waals surface area (Å²) in [6.07, 6.45) is 4.45. The van der Waals surface area contributed by atoms with Gasteiger partial charge >= 0.3 is 5.97 Å². The molecule has 0 atom stereocenters. The van der Waals surface area contributed by atoms with Gasteiger partial charge in [0, 0.05) is 44.5 Å². The van der Waals surface area contributed by atoms with Crippen molar-refractivity contribution in [3.63, 3.8) is 0 Å². The van der Waals surface area contributed by atoms with Crippen molar-refractivity contribution in [3.8, 4) is 0 Å². The smallest absolute Gasteiger partial charge is 0.341 e. The average molecular weight is 452 g/mol. The molecule has 0 spiro atoms. The number of rotatable bonds is 5. The third-order valence-electron chi connectivity index (χ3n) is 6.14. The normalized spacial score (nSPS) is 16.2. The second kappa shape index (κ2) is 7.76. The minimum atomic E-state index is -1.36. The maximum atomic E-state index is 12.8. The third kappa shape index (κ3) is 3.60. The molecule has 1 aliphatic heterocycles. The van der Waals surface area contributed by atoms with Gasteiger partial charge in [-0.25, -0.2) is 4.79 Å². The maximum absolute atomic E-state index is 12.8. The molecule has 1 saturated heterocycles. The number of nitrogens with zero attached hydrogens (tertiary/aromatic N) is 4. The lowest BCUT2D eigenvalue weighted by Gasteiger charge is -2.35. The number of fused-ring (bicyclic) bond motifs is 1. The number of carboxylic acids is 1. The van der Waals surface area contributed by atoms with Crippen LogP contribution in [-0.2, 0) is 0 Å². The number of aromatic carboxylic acids is 1. The standard InChI is InChI=1S/C22H20N4O7/c27-20-14-10-18(26(31)32)17(11-16(14)25(13-3-4-13)12-15(20)22(29)30)23-5-7-24(8-6-23)21(28)19-2-1-9-33-19/h1-2,9-13H,3-8H2,(H,29,30). The average Bonchev–Trinajstić information content (AvgIpc) is 3.50. The van der Waals surface area contributed by atoms with E-state index in [4.69, 9.17) is 4.42 Å². The van der Waals surface area contributed by atoms with Gasteiger partial charge in [0.1, 0.15) is 11.3 Å². The minimum absolute atomic E-state index is 0.0175. The lowest BCUT2D eigenvalue weighted by molar-refractivity contribution is -0.384. The number of amides is 1. The van der Waals surface area contributed by atoms with Gasteiger partial charge in [-0.15, -0.1) is 0 Å². The summed E-state index contributed by atoms with van der Waals surface area (Å²) in [6, 6.07) is 6.06. The van der Waals surface area contributed by atoms with Crippen molar-refractivity contribution in [2.45, 2.75) is 18.9 Å². The van der Waals surface area contributed by atoms with E-state index >= 15 is 0 Å². The summed E-state index contributed by atoms with van der Waals surface area (Å²) in [6.45, 7) is 1.42. The van der Waals surface area contributed by atoms with E-state index in [0.717, 1.165) is 12.8 Å². The summed E-state index contributed by atoms with van der Waals surface area (Å²) < 4.78 is 6.91. The van der Waals surface area contributed by atoms with E-state index in [9.17, 15) is 29.6 Å². The number of pyridine rings is 1. The molecular formula is C22H20N4O7. The zero-order valence-electron chi connectivity index (χ0n) is 17.5. The van der Waals surface area contributed by atoms with Gasteiger partial charge in [-0.3, -0.25) is 19.7 Å². The van der Waals surface area contributed by atoms with Crippen molar-refractivity contribution in [3.05, 3.63) is 68.4 Å². The zero-order valence-corrected chi connectivity index (χ0v) is 17.5. The summed E-state index contributed by atoms with van der Waals surface area (Å²) in [5, 5.41) is 21.3. The number of nitro groups is 1. The monoisotopic (exact) mass is 452 g/mol. The van der Waals surface area contributed by atoms with E-state index in [2.05, 4.69) is 0 Å². The van der Waals surface area contributed by atoms with E-state index in [1.165, 1.54) is 18.5 Å². The topological polar surface area (TPSA) is 139 Å². The number of benzene rings is 1. The quantitative estimate of drug-likeness (QED) is 0.460. The van der Waals surface area contributed by atoms with Crippen LogP contribution >= 0.6 is 0 Å². The van der Waals surface area contributed by atoms with E-state index in [-0.39, 0.29) is 28.8 Å². The Labute approximate surface area is 186 Å². The minimum Gasteiger partial charge on any atom is -0.477 e. The summed E-state index contributed by atoms with van der Waals surface area (Å²) in [5.41, 5.74) is -0.591. The zero-order chi connectivity index (χ0) is 23.3. The number of carbonyl (C=O) groups excluding carboxylic acids is 1. The summed E-state index contributed by atoms with van der Waals surface area (Å²) in [7, 11) is 0. The number of carbonyl (C=O) groups is 2. The second-order valence-electron chi connectivity index (χ2n) is 8.19. The van der Waals surface area contributed by atoms with E-state index in [1.807, 2.05) is 4.90 Å². The Morgan fingerprint density at radius 1 is 1.15 bits per heavy atom. The van der Waals surface area contributed by atoms with E-state index in [1.54, 1.807) is 27.7 Å². The van der Waals surface area contributed by atoms with Gasteiger partial charge in [-0.2, -0.15) is 0 Å². The van der Waals surface area contributed by atoms with Crippen LogP contribution < -0.4 is 10.3 Å². The Kier molecular flexibility index (Phi) is 4.88. The van der Waals surface area contributed by atoms with E-state index < -0.39 is 21.9 Å². The molecule has 2 aliphatic rings. The Morgan fingerprint density at radius 2 is 1.88 bits per heavy atom. The van der Waals surface area contributed by atoms with Gasteiger partial charge in [0.25, 0.3) is 11.6 Å². The molecule has 1 amide bonds. The molecule has 3 aromatic rings. The van der Waals surface area contributed by atoms with Crippen LogP contribution in [0.4, 0.5) is 11.4 Å². The lowest BCUT2D eigenvalue weighted by Crippen LogP contribution is -2.48. The predicted molar refractivity (Wildman–Crippen MR) is 117 cm³/mol. The number of hydrogen-bond donors (Lipinski definition) is 1. The van der Waals surface area contributed by atoms with Crippen LogP contribution in [0.2, 0.25) is 0 Å². The molecule has 1 aliphatic carbocycles. The summed E-state index contributed by atoms with van der Waals surface area (Å²) in [5.74, 6) is -1.36. The first-order valence-electron chi connectivity index (χ1n) is 10.5. The molecular weight excluding hydrogens is 432 g/mol. The number of nitro benzene ring substituents is 1. The van der Waals surface area contributed by atoms with Crippen molar-refractivity contribution >= 4 is 34.2 Å². The molecule has 5 rings (SSSR count). The highest BCUT2D eigenvalue weighted by Gasteiger charge is 2.31. The second-order valence-corrected chi connectivity index (χ2v) is 8.19. The molecule has 1 aromatic carbocycles. The first kappa shape index (κ1) is 20.7.